The van der Waals surface area contributed by atoms with Crippen LogP contribution >= 0.6 is 15.9 Å². The van der Waals surface area contributed by atoms with Gasteiger partial charge in [0.25, 0.3) is 6.43 Å². The lowest BCUT2D eigenvalue weighted by molar-refractivity contribution is 0.151. The second-order valence-electron chi connectivity index (χ2n) is 3.27. The van der Waals surface area contributed by atoms with E-state index >= 15 is 0 Å². The molecule has 2 rings (SSSR count). The molecule has 0 aliphatic rings. The number of benzene rings is 1. The van der Waals surface area contributed by atoms with E-state index in [4.69, 9.17) is 0 Å². The summed E-state index contributed by atoms with van der Waals surface area (Å²) in [4.78, 5) is 4.22. The molecule has 0 saturated carbocycles. The molecular formula is C12H8BrF2N. The van der Waals surface area contributed by atoms with Crippen molar-refractivity contribution in [3.8, 4) is 11.3 Å². The number of rotatable bonds is 2. The van der Waals surface area contributed by atoms with Gasteiger partial charge in [-0.3, -0.25) is 0 Å². The third kappa shape index (κ3) is 2.44. The monoisotopic (exact) mass is 283 g/mol. The van der Waals surface area contributed by atoms with Gasteiger partial charge in [-0.15, -0.1) is 0 Å². The maximum Gasteiger partial charge on any atom is 0.263 e. The summed E-state index contributed by atoms with van der Waals surface area (Å²) < 4.78 is 25.7. The summed E-state index contributed by atoms with van der Waals surface area (Å²) in [5.74, 6) is 0. The summed E-state index contributed by atoms with van der Waals surface area (Å²) in [6.45, 7) is 0. The summed E-state index contributed by atoms with van der Waals surface area (Å²) in [7, 11) is 0. The Bertz CT molecular complexity index is 500. The fourth-order valence-electron chi connectivity index (χ4n) is 1.40. The molecule has 0 radical (unpaired) electrons. The van der Waals surface area contributed by atoms with Crippen LogP contribution in [0.1, 0.15) is 12.0 Å². The van der Waals surface area contributed by atoms with Crippen molar-refractivity contribution in [2.75, 3.05) is 0 Å². The number of hydrogen-bond acceptors (Lipinski definition) is 1. The van der Waals surface area contributed by atoms with Crippen LogP contribution in [0.3, 0.4) is 0 Å². The highest BCUT2D eigenvalue weighted by atomic mass is 79.9. The van der Waals surface area contributed by atoms with E-state index in [1.807, 2.05) is 6.07 Å². The quantitative estimate of drug-likeness (QED) is 0.742. The maximum atomic E-state index is 12.5. The molecule has 0 aliphatic carbocycles. The lowest BCUT2D eigenvalue weighted by Crippen LogP contribution is -1.87. The minimum absolute atomic E-state index is 0.0132. The van der Waals surface area contributed by atoms with Gasteiger partial charge in [0.15, 0.2) is 0 Å². The van der Waals surface area contributed by atoms with Gasteiger partial charge in [-0.2, -0.15) is 0 Å². The fraction of sp³-hybridized carbons (Fsp3) is 0.0833. The van der Waals surface area contributed by atoms with Crippen LogP contribution in [-0.4, -0.2) is 4.98 Å². The van der Waals surface area contributed by atoms with Gasteiger partial charge in [-0.1, -0.05) is 24.3 Å². The molecule has 4 heteroatoms. The van der Waals surface area contributed by atoms with Gasteiger partial charge in [-0.05, 0) is 34.1 Å². The normalized spacial score (nSPS) is 10.8. The smallest absolute Gasteiger partial charge is 0.241 e. The summed E-state index contributed by atoms with van der Waals surface area (Å²) in [5, 5.41) is 0. The van der Waals surface area contributed by atoms with Crippen LogP contribution < -0.4 is 0 Å². The Balaban J connectivity index is 2.44. The van der Waals surface area contributed by atoms with Crippen molar-refractivity contribution in [3.05, 3.63) is 52.6 Å². The molecule has 1 aromatic carbocycles. The van der Waals surface area contributed by atoms with E-state index in [1.165, 1.54) is 12.1 Å². The van der Waals surface area contributed by atoms with Crippen molar-refractivity contribution < 1.29 is 8.78 Å². The number of aromatic nitrogens is 1. The first-order chi connectivity index (χ1) is 7.66. The van der Waals surface area contributed by atoms with Crippen LogP contribution in [-0.2, 0) is 0 Å². The predicted molar refractivity (Wildman–Crippen MR) is 62.3 cm³/mol. The van der Waals surface area contributed by atoms with Crippen LogP contribution in [0.5, 0.6) is 0 Å². The topological polar surface area (TPSA) is 12.9 Å². The van der Waals surface area contributed by atoms with E-state index in [9.17, 15) is 8.78 Å². The second kappa shape index (κ2) is 4.70. The van der Waals surface area contributed by atoms with E-state index in [-0.39, 0.29) is 5.56 Å². The van der Waals surface area contributed by atoms with E-state index in [2.05, 4.69) is 20.9 Å². The minimum Gasteiger partial charge on any atom is -0.241 e. The Morgan fingerprint density at radius 3 is 2.50 bits per heavy atom. The number of pyridine rings is 1. The molecular weight excluding hydrogens is 276 g/mol. The lowest BCUT2D eigenvalue weighted by atomic mass is 10.1. The zero-order valence-electron chi connectivity index (χ0n) is 8.20. The number of nitrogens with zero attached hydrogens (tertiary/aromatic N) is 1. The Kier molecular flexibility index (Phi) is 3.29. The van der Waals surface area contributed by atoms with Gasteiger partial charge in [0.2, 0.25) is 0 Å². The van der Waals surface area contributed by atoms with E-state index in [0.717, 1.165) is 0 Å². The fourth-order valence-corrected chi connectivity index (χ4v) is 1.75. The summed E-state index contributed by atoms with van der Waals surface area (Å²) >= 11 is 3.25. The summed E-state index contributed by atoms with van der Waals surface area (Å²) in [6, 6.07) is 11.6. The van der Waals surface area contributed by atoms with Crippen LogP contribution in [0.2, 0.25) is 0 Å². The van der Waals surface area contributed by atoms with Crippen molar-refractivity contribution in [1.29, 1.82) is 0 Å². The first-order valence-electron chi connectivity index (χ1n) is 4.68. The molecule has 0 aliphatic heterocycles. The third-order valence-corrected chi connectivity index (χ3v) is 2.59. The molecule has 0 spiro atoms. The first kappa shape index (κ1) is 11.2. The number of hydrogen-bond donors (Lipinski definition) is 0. The van der Waals surface area contributed by atoms with Gasteiger partial charge in [0, 0.05) is 11.1 Å². The molecule has 82 valence electrons. The van der Waals surface area contributed by atoms with Crippen LogP contribution in [0.25, 0.3) is 11.3 Å². The van der Waals surface area contributed by atoms with Crippen molar-refractivity contribution in [2.45, 2.75) is 6.43 Å². The molecule has 0 amide bonds. The number of halogens is 3. The van der Waals surface area contributed by atoms with Crippen molar-refractivity contribution in [2.24, 2.45) is 0 Å². The van der Waals surface area contributed by atoms with E-state index < -0.39 is 6.43 Å². The van der Waals surface area contributed by atoms with Gasteiger partial charge >= 0.3 is 0 Å². The highest BCUT2D eigenvalue weighted by Gasteiger charge is 2.08. The molecule has 0 N–H and O–H groups in total. The Morgan fingerprint density at radius 2 is 1.81 bits per heavy atom. The highest BCUT2D eigenvalue weighted by molar-refractivity contribution is 9.10. The van der Waals surface area contributed by atoms with Crippen molar-refractivity contribution in [3.63, 3.8) is 0 Å². The molecule has 16 heavy (non-hydrogen) atoms. The average Bonchev–Trinajstić information content (AvgIpc) is 2.29. The number of alkyl halides is 2. The Labute approximate surface area is 100 Å². The molecule has 1 heterocycles. The first-order valence-corrected chi connectivity index (χ1v) is 5.47. The maximum absolute atomic E-state index is 12.5. The predicted octanol–water partition coefficient (Wildman–Crippen LogP) is 4.45. The van der Waals surface area contributed by atoms with Crippen LogP contribution in [0.4, 0.5) is 8.78 Å². The Morgan fingerprint density at radius 1 is 1.06 bits per heavy atom. The standard InChI is InChI=1S/C12H8BrF2N/c13-11-6-2-5-10(16-11)8-3-1-4-9(7-8)12(14)15/h1-7,12H. The SMILES string of the molecule is FC(F)c1cccc(-c2cccc(Br)n2)c1. The zero-order valence-corrected chi connectivity index (χ0v) is 9.79. The lowest BCUT2D eigenvalue weighted by Gasteiger charge is -2.04. The molecule has 0 saturated heterocycles. The molecule has 1 nitrogen and oxygen atoms in total. The van der Waals surface area contributed by atoms with E-state index in [1.54, 1.807) is 24.3 Å². The molecule has 0 bridgehead atoms. The second-order valence-corrected chi connectivity index (χ2v) is 4.08. The van der Waals surface area contributed by atoms with Gasteiger partial charge < -0.3 is 0 Å². The molecule has 2 aromatic rings. The highest BCUT2D eigenvalue weighted by Crippen LogP contribution is 2.25. The van der Waals surface area contributed by atoms with Crippen LogP contribution in [0, 0.1) is 0 Å². The molecule has 0 atom stereocenters. The van der Waals surface area contributed by atoms with Crippen molar-refractivity contribution >= 4 is 15.9 Å². The van der Waals surface area contributed by atoms with E-state index in [0.29, 0.717) is 15.9 Å². The third-order valence-electron chi connectivity index (χ3n) is 2.15. The van der Waals surface area contributed by atoms with Gasteiger partial charge in [0.05, 0.1) is 5.69 Å². The van der Waals surface area contributed by atoms with Crippen molar-refractivity contribution in [1.82, 2.24) is 4.98 Å². The minimum atomic E-state index is -2.45. The average molecular weight is 284 g/mol. The van der Waals surface area contributed by atoms with Crippen LogP contribution in [0.15, 0.2) is 47.1 Å². The molecule has 0 unspecified atom stereocenters. The largest absolute Gasteiger partial charge is 0.263 e. The molecule has 0 fully saturated rings. The Hall–Kier alpha value is -1.29. The van der Waals surface area contributed by atoms with Gasteiger partial charge in [0.1, 0.15) is 4.60 Å². The molecule has 1 aromatic heterocycles. The summed E-state index contributed by atoms with van der Waals surface area (Å²) in [5.41, 5.74) is 1.38. The summed E-state index contributed by atoms with van der Waals surface area (Å²) in [6.07, 6.45) is -2.45. The van der Waals surface area contributed by atoms with Gasteiger partial charge in [-0.25, -0.2) is 13.8 Å². The zero-order chi connectivity index (χ0) is 11.5.